The van der Waals surface area contributed by atoms with Gasteiger partial charge in [-0.2, -0.15) is 5.10 Å². The number of rotatable bonds is 3. The third-order valence-electron chi connectivity index (χ3n) is 5.08. The number of nitrogens with one attached hydrogen (secondary N) is 1. The number of aromatic amines is 1. The minimum absolute atomic E-state index is 0.0267. The highest BCUT2D eigenvalue weighted by Crippen LogP contribution is 2.22. The summed E-state index contributed by atoms with van der Waals surface area (Å²) in [5.41, 5.74) is 1.80. The first-order valence-electron chi connectivity index (χ1n) is 8.99. The molecule has 1 N–H and O–H groups in total. The van der Waals surface area contributed by atoms with Gasteiger partial charge in [-0.25, -0.2) is 0 Å². The zero-order valence-electron chi connectivity index (χ0n) is 14.9. The average Bonchev–Trinajstić information content (AvgIpc) is 3.13. The van der Waals surface area contributed by atoms with E-state index in [4.69, 9.17) is 0 Å². The van der Waals surface area contributed by atoms with Crippen molar-refractivity contribution < 1.29 is 4.79 Å². The van der Waals surface area contributed by atoms with Gasteiger partial charge in [-0.3, -0.25) is 14.9 Å². The summed E-state index contributed by atoms with van der Waals surface area (Å²) in [6, 6.07) is 10.1. The molecule has 0 bridgehead atoms. The first-order chi connectivity index (χ1) is 12.7. The second-order valence-corrected chi connectivity index (χ2v) is 7.07. The molecular formula is C20H23N5O. The van der Waals surface area contributed by atoms with Crippen molar-refractivity contribution in [2.75, 3.05) is 33.2 Å². The van der Waals surface area contributed by atoms with Crippen molar-refractivity contribution in [3.8, 4) is 0 Å². The van der Waals surface area contributed by atoms with Crippen LogP contribution in [-0.4, -0.2) is 64.1 Å². The second-order valence-electron chi connectivity index (χ2n) is 7.07. The van der Waals surface area contributed by atoms with Gasteiger partial charge in [-0.1, -0.05) is 24.3 Å². The van der Waals surface area contributed by atoms with Gasteiger partial charge in [0.15, 0.2) is 0 Å². The Morgan fingerprint density at radius 3 is 2.92 bits per heavy atom. The number of likely N-dealkylation sites (N-methyl/N-ethyl adjacent to an activating group) is 1. The Morgan fingerprint density at radius 1 is 1.19 bits per heavy atom. The predicted octanol–water partition coefficient (Wildman–Crippen LogP) is 2.20. The Balaban J connectivity index is 1.57. The molecule has 4 rings (SSSR count). The van der Waals surface area contributed by atoms with Gasteiger partial charge < -0.3 is 9.80 Å². The largest absolute Gasteiger partial charge is 0.336 e. The summed E-state index contributed by atoms with van der Waals surface area (Å²) in [6.45, 7) is 3.32. The maximum Gasteiger partial charge on any atom is 0.271 e. The number of hydrogen-bond donors (Lipinski definition) is 1. The molecule has 0 aliphatic carbocycles. The van der Waals surface area contributed by atoms with Gasteiger partial charge in [0.2, 0.25) is 0 Å². The molecular weight excluding hydrogens is 326 g/mol. The Morgan fingerprint density at radius 2 is 2.08 bits per heavy atom. The molecule has 1 aliphatic heterocycles. The molecule has 1 unspecified atom stereocenters. The molecule has 1 aromatic carbocycles. The quantitative estimate of drug-likeness (QED) is 0.787. The summed E-state index contributed by atoms with van der Waals surface area (Å²) in [5.74, 6) is 0.390. The van der Waals surface area contributed by atoms with E-state index in [-0.39, 0.29) is 5.91 Å². The van der Waals surface area contributed by atoms with E-state index < -0.39 is 0 Å². The van der Waals surface area contributed by atoms with Gasteiger partial charge in [0.05, 0.1) is 0 Å². The summed E-state index contributed by atoms with van der Waals surface area (Å²) >= 11 is 0. The first kappa shape index (κ1) is 16.7. The lowest BCUT2D eigenvalue weighted by Gasteiger charge is -2.24. The molecule has 1 aliphatic rings. The van der Waals surface area contributed by atoms with Crippen LogP contribution < -0.4 is 0 Å². The van der Waals surface area contributed by atoms with Crippen LogP contribution in [0.15, 0.2) is 48.9 Å². The van der Waals surface area contributed by atoms with Crippen LogP contribution in [0.25, 0.3) is 10.8 Å². The van der Waals surface area contributed by atoms with Gasteiger partial charge >= 0.3 is 0 Å². The number of pyridine rings is 1. The monoisotopic (exact) mass is 349 g/mol. The van der Waals surface area contributed by atoms with Crippen LogP contribution in [0.3, 0.4) is 0 Å². The number of H-pyrrole nitrogens is 1. The summed E-state index contributed by atoms with van der Waals surface area (Å²) in [4.78, 5) is 21.4. The molecule has 1 saturated heterocycles. The minimum atomic E-state index is 0.0267. The highest BCUT2D eigenvalue weighted by atomic mass is 16.2. The normalized spacial score (nSPS) is 18.8. The van der Waals surface area contributed by atoms with Gasteiger partial charge in [0, 0.05) is 50.2 Å². The van der Waals surface area contributed by atoms with Gasteiger partial charge in [-0.05, 0) is 36.4 Å². The van der Waals surface area contributed by atoms with Crippen LogP contribution in [0, 0.1) is 5.92 Å². The number of carbonyl (C=O) groups is 1. The van der Waals surface area contributed by atoms with Crippen molar-refractivity contribution in [3.63, 3.8) is 0 Å². The van der Waals surface area contributed by atoms with Crippen molar-refractivity contribution in [1.82, 2.24) is 25.0 Å². The molecule has 1 atom stereocenters. The van der Waals surface area contributed by atoms with Crippen molar-refractivity contribution in [2.45, 2.75) is 6.42 Å². The molecule has 2 aromatic heterocycles. The fourth-order valence-corrected chi connectivity index (χ4v) is 3.80. The lowest BCUT2D eigenvalue weighted by Crippen LogP contribution is -2.36. The fraction of sp³-hybridized carbons (Fsp3) is 0.350. The molecule has 6 heteroatoms. The van der Waals surface area contributed by atoms with Gasteiger partial charge in [0.25, 0.3) is 5.91 Å². The molecule has 0 radical (unpaired) electrons. The summed E-state index contributed by atoms with van der Waals surface area (Å²) in [6.07, 6.45) is 6.41. The molecule has 3 aromatic rings. The van der Waals surface area contributed by atoms with E-state index >= 15 is 0 Å². The number of aromatic nitrogens is 3. The molecule has 1 amide bonds. The van der Waals surface area contributed by atoms with Crippen LogP contribution in [0.2, 0.25) is 0 Å². The van der Waals surface area contributed by atoms with Crippen LogP contribution >= 0.6 is 0 Å². The molecule has 26 heavy (non-hydrogen) atoms. The number of benzene rings is 1. The van der Waals surface area contributed by atoms with Crippen LogP contribution in [0.1, 0.15) is 16.1 Å². The van der Waals surface area contributed by atoms with Gasteiger partial charge in [0.1, 0.15) is 5.69 Å². The summed E-state index contributed by atoms with van der Waals surface area (Å²) in [7, 11) is 2.12. The van der Waals surface area contributed by atoms with Crippen molar-refractivity contribution in [1.29, 1.82) is 0 Å². The molecule has 134 valence electrons. The Labute approximate surface area is 152 Å². The van der Waals surface area contributed by atoms with E-state index in [0.29, 0.717) is 11.6 Å². The van der Waals surface area contributed by atoms with E-state index in [1.54, 1.807) is 12.3 Å². The third kappa shape index (κ3) is 3.46. The van der Waals surface area contributed by atoms with Crippen LogP contribution in [0.4, 0.5) is 0 Å². The minimum Gasteiger partial charge on any atom is -0.336 e. The lowest BCUT2D eigenvalue weighted by atomic mass is 9.96. The second kappa shape index (κ2) is 7.25. The third-order valence-corrected chi connectivity index (χ3v) is 5.08. The summed E-state index contributed by atoms with van der Waals surface area (Å²) < 4.78 is 0. The van der Waals surface area contributed by atoms with Crippen LogP contribution in [0.5, 0.6) is 0 Å². The maximum atomic E-state index is 12.8. The van der Waals surface area contributed by atoms with E-state index in [1.165, 1.54) is 10.9 Å². The lowest BCUT2D eigenvalue weighted by molar-refractivity contribution is 0.0740. The zero-order valence-corrected chi connectivity index (χ0v) is 14.9. The average molecular weight is 349 g/mol. The number of hydrogen-bond acceptors (Lipinski definition) is 4. The highest BCUT2D eigenvalue weighted by molar-refractivity contribution is 5.92. The number of carbonyl (C=O) groups excluding carboxylic acids is 1. The van der Waals surface area contributed by atoms with Crippen LogP contribution in [-0.2, 0) is 6.42 Å². The smallest absolute Gasteiger partial charge is 0.271 e. The number of nitrogens with zero attached hydrogens (tertiary/aromatic N) is 4. The molecule has 0 spiro atoms. The maximum absolute atomic E-state index is 12.8. The summed E-state index contributed by atoms with van der Waals surface area (Å²) in [5, 5.41) is 9.11. The Kier molecular flexibility index (Phi) is 4.67. The molecule has 3 heterocycles. The zero-order chi connectivity index (χ0) is 17.9. The van der Waals surface area contributed by atoms with Crippen molar-refractivity contribution >= 4 is 16.7 Å². The van der Waals surface area contributed by atoms with Gasteiger partial charge in [-0.15, -0.1) is 0 Å². The standard InChI is InChI=1S/C20H23N5O/c1-24-8-9-25(20(26)19-6-7-22-23-19)14-15(13-24)10-17-12-21-11-16-4-2-3-5-18(16)17/h2-7,11-12,15H,8-10,13-14H2,1H3,(H,22,23). The van der Waals surface area contributed by atoms with E-state index in [2.05, 4.69) is 45.3 Å². The molecule has 6 nitrogen and oxygen atoms in total. The molecule has 1 fully saturated rings. The van der Waals surface area contributed by atoms with Crippen molar-refractivity contribution in [2.24, 2.45) is 5.92 Å². The highest BCUT2D eigenvalue weighted by Gasteiger charge is 2.26. The topological polar surface area (TPSA) is 65.1 Å². The number of amides is 1. The number of fused-ring (bicyclic) bond motifs is 1. The SMILES string of the molecule is CN1CCN(C(=O)c2ccn[nH]2)CC(Cc2cncc3ccccc23)C1. The van der Waals surface area contributed by atoms with E-state index in [9.17, 15) is 4.79 Å². The molecule has 0 saturated carbocycles. The van der Waals surface area contributed by atoms with E-state index in [0.717, 1.165) is 38.0 Å². The Hall–Kier alpha value is -2.73. The van der Waals surface area contributed by atoms with E-state index in [1.807, 2.05) is 23.4 Å². The Bertz CT molecular complexity index is 887. The first-order valence-corrected chi connectivity index (χ1v) is 8.99. The predicted molar refractivity (Wildman–Crippen MR) is 101 cm³/mol. The van der Waals surface area contributed by atoms with Crippen molar-refractivity contribution in [3.05, 3.63) is 60.2 Å². The fourth-order valence-electron chi connectivity index (χ4n) is 3.80.